The van der Waals surface area contributed by atoms with Gasteiger partial charge in [-0.1, -0.05) is 0 Å². The van der Waals surface area contributed by atoms with Crippen molar-refractivity contribution in [2.75, 3.05) is 47.7 Å². The van der Waals surface area contributed by atoms with E-state index in [9.17, 15) is 10.2 Å². The van der Waals surface area contributed by atoms with Gasteiger partial charge in [0.15, 0.2) is 0 Å². The average Bonchev–Trinajstić information content (AvgIpc) is 3.32. The Morgan fingerprint density at radius 2 is 1.08 bits per heavy atom. The van der Waals surface area contributed by atoms with E-state index in [4.69, 9.17) is 0 Å². The van der Waals surface area contributed by atoms with Crippen molar-refractivity contribution in [3.63, 3.8) is 0 Å². The summed E-state index contributed by atoms with van der Waals surface area (Å²) >= 11 is 12.4. The van der Waals surface area contributed by atoms with Crippen molar-refractivity contribution in [1.82, 2.24) is 0 Å². The summed E-state index contributed by atoms with van der Waals surface area (Å²) < 4.78 is 1.42. The number of aliphatic hydroxyl groups is 2. The standard InChI is InChI=1S/C18H32O2S6/c19-5-15-9-23-17(25-15)11-21-7-13-1-2-14(4-3-13)8-22-12-18-24-10-16(6-20)26-18/h13-20H,1-12H2. The molecule has 1 saturated carbocycles. The van der Waals surface area contributed by atoms with Crippen molar-refractivity contribution in [3.8, 4) is 0 Å². The molecule has 3 aliphatic rings. The lowest BCUT2D eigenvalue weighted by atomic mass is 9.84. The van der Waals surface area contributed by atoms with Crippen LogP contribution >= 0.6 is 70.6 Å². The molecule has 2 N–H and O–H groups in total. The predicted molar refractivity (Wildman–Crippen MR) is 130 cm³/mol. The molecule has 0 amide bonds. The van der Waals surface area contributed by atoms with Crippen molar-refractivity contribution in [2.45, 2.75) is 45.3 Å². The first-order valence-electron chi connectivity index (χ1n) is 9.68. The summed E-state index contributed by atoms with van der Waals surface area (Å²) in [7, 11) is 0. The van der Waals surface area contributed by atoms with Gasteiger partial charge < -0.3 is 10.2 Å². The molecule has 26 heavy (non-hydrogen) atoms. The molecule has 1 aliphatic carbocycles. The Morgan fingerprint density at radius 1 is 0.654 bits per heavy atom. The molecule has 2 saturated heterocycles. The van der Waals surface area contributed by atoms with Gasteiger partial charge in [0.2, 0.25) is 0 Å². The van der Waals surface area contributed by atoms with Gasteiger partial charge in [-0.2, -0.15) is 23.5 Å². The van der Waals surface area contributed by atoms with E-state index in [1.807, 2.05) is 47.0 Å². The quantitative estimate of drug-likeness (QED) is 0.478. The molecule has 4 atom stereocenters. The first kappa shape index (κ1) is 22.7. The lowest BCUT2D eigenvalue weighted by Gasteiger charge is -2.28. The fourth-order valence-corrected chi connectivity index (χ4v) is 13.4. The summed E-state index contributed by atoms with van der Waals surface area (Å²) in [5.74, 6) is 9.36. The molecule has 2 aliphatic heterocycles. The van der Waals surface area contributed by atoms with Gasteiger partial charge in [-0.05, 0) is 49.0 Å². The molecule has 8 heteroatoms. The van der Waals surface area contributed by atoms with Gasteiger partial charge >= 0.3 is 0 Å². The molecular formula is C18H32O2S6. The zero-order valence-electron chi connectivity index (χ0n) is 15.3. The first-order valence-corrected chi connectivity index (χ1v) is 16.0. The molecule has 0 aromatic rings. The maximum atomic E-state index is 9.23. The molecule has 3 fully saturated rings. The second-order valence-corrected chi connectivity index (χ2v) is 15.6. The highest BCUT2D eigenvalue weighted by molar-refractivity contribution is 8.22. The van der Waals surface area contributed by atoms with E-state index in [2.05, 4.69) is 23.5 Å². The predicted octanol–water partition coefficient (Wildman–Crippen LogP) is 4.59. The molecule has 4 unspecified atom stereocenters. The van der Waals surface area contributed by atoms with Gasteiger partial charge in [0.1, 0.15) is 0 Å². The van der Waals surface area contributed by atoms with Crippen LogP contribution in [0.3, 0.4) is 0 Å². The van der Waals surface area contributed by atoms with E-state index in [-0.39, 0.29) is 0 Å². The summed E-state index contributed by atoms with van der Waals surface area (Å²) in [4.78, 5) is 0. The van der Waals surface area contributed by atoms with E-state index in [0.29, 0.717) is 32.9 Å². The molecule has 0 bridgehead atoms. The summed E-state index contributed by atoms with van der Waals surface area (Å²) in [6.45, 7) is 0.696. The Bertz CT molecular complexity index is 358. The second-order valence-electron chi connectivity index (χ2n) is 7.37. The van der Waals surface area contributed by atoms with Crippen LogP contribution in [0.2, 0.25) is 0 Å². The minimum Gasteiger partial charge on any atom is -0.395 e. The lowest BCUT2D eigenvalue weighted by Crippen LogP contribution is -2.18. The van der Waals surface area contributed by atoms with E-state index in [0.717, 1.165) is 23.3 Å². The molecule has 0 spiro atoms. The number of hydrogen-bond acceptors (Lipinski definition) is 8. The number of hydrogen-bond donors (Lipinski definition) is 2. The van der Waals surface area contributed by atoms with Gasteiger partial charge in [-0.25, -0.2) is 0 Å². The maximum Gasteiger partial charge on any atom is 0.0597 e. The third kappa shape index (κ3) is 7.69. The molecular weight excluding hydrogens is 441 g/mol. The Balaban J connectivity index is 1.19. The summed E-state index contributed by atoms with van der Waals surface area (Å²) in [5.41, 5.74) is 0. The monoisotopic (exact) mass is 472 g/mol. The molecule has 0 aromatic carbocycles. The zero-order valence-corrected chi connectivity index (χ0v) is 20.2. The highest BCUT2D eigenvalue weighted by atomic mass is 32.2. The fourth-order valence-electron chi connectivity index (χ4n) is 3.61. The van der Waals surface area contributed by atoms with Crippen LogP contribution in [0.5, 0.6) is 0 Å². The Kier molecular flexibility index (Phi) is 11.0. The minimum atomic E-state index is 0.348. The van der Waals surface area contributed by atoms with E-state index >= 15 is 0 Å². The van der Waals surface area contributed by atoms with Crippen LogP contribution in [0.1, 0.15) is 25.7 Å². The summed E-state index contributed by atoms with van der Waals surface area (Å²) in [5, 5.41) is 19.4. The lowest BCUT2D eigenvalue weighted by molar-refractivity contribution is 0.301. The summed E-state index contributed by atoms with van der Waals surface area (Å²) in [6.07, 6.45) is 5.73. The number of rotatable bonds is 10. The van der Waals surface area contributed by atoms with E-state index < -0.39 is 0 Å². The summed E-state index contributed by atoms with van der Waals surface area (Å²) in [6, 6.07) is 0. The van der Waals surface area contributed by atoms with Gasteiger partial charge in [0.05, 0.1) is 22.4 Å². The van der Waals surface area contributed by atoms with Crippen molar-refractivity contribution >= 4 is 70.6 Å². The largest absolute Gasteiger partial charge is 0.395 e. The third-order valence-corrected chi connectivity index (χ3v) is 15.1. The third-order valence-electron chi connectivity index (χ3n) is 5.21. The Hall–Kier alpha value is 2.02. The SMILES string of the molecule is OCC1CSC(CSCC2CCC(CSCC3SCC(CO)S3)CC2)S1. The molecule has 3 rings (SSSR count). The number of aliphatic hydroxyl groups excluding tert-OH is 2. The maximum absolute atomic E-state index is 9.23. The van der Waals surface area contributed by atoms with Crippen LogP contribution in [0.25, 0.3) is 0 Å². The van der Waals surface area contributed by atoms with Crippen molar-refractivity contribution in [2.24, 2.45) is 11.8 Å². The topological polar surface area (TPSA) is 40.5 Å². The van der Waals surface area contributed by atoms with Crippen LogP contribution in [0.4, 0.5) is 0 Å². The normalized spacial score (nSPS) is 38.1. The zero-order chi connectivity index (χ0) is 18.2. The van der Waals surface area contributed by atoms with Crippen LogP contribution in [0, 0.1) is 11.8 Å². The minimum absolute atomic E-state index is 0.348. The van der Waals surface area contributed by atoms with Crippen LogP contribution in [-0.2, 0) is 0 Å². The molecule has 2 nitrogen and oxygen atoms in total. The van der Waals surface area contributed by atoms with E-state index in [1.54, 1.807) is 0 Å². The Labute approximate surface area is 184 Å². The molecule has 0 radical (unpaired) electrons. The van der Waals surface area contributed by atoms with Gasteiger partial charge in [0, 0.05) is 33.5 Å². The molecule has 2 heterocycles. The Morgan fingerprint density at radius 3 is 1.42 bits per heavy atom. The van der Waals surface area contributed by atoms with Crippen LogP contribution in [-0.4, -0.2) is 77.6 Å². The van der Waals surface area contributed by atoms with Gasteiger partial charge in [0.25, 0.3) is 0 Å². The van der Waals surface area contributed by atoms with Crippen LogP contribution < -0.4 is 0 Å². The van der Waals surface area contributed by atoms with Crippen molar-refractivity contribution in [1.29, 1.82) is 0 Å². The van der Waals surface area contributed by atoms with Crippen molar-refractivity contribution < 1.29 is 10.2 Å². The smallest absolute Gasteiger partial charge is 0.0597 e. The highest BCUT2D eigenvalue weighted by Gasteiger charge is 2.27. The van der Waals surface area contributed by atoms with Crippen LogP contribution in [0.15, 0.2) is 0 Å². The fraction of sp³-hybridized carbons (Fsp3) is 1.00. The molecule has 0 aromatic heterocycles. The first-order chi connectivity index (χ1) is 12.8. The van der Waals surface area contributed by atoms with E-state index in [1.165, 1.54) is 48.7 Å². The van der Waals surface area contributed by atoms with Crippen molar-refractivity contribution in [3.05, 3.63) is 0 Å². The second kappa shape index (κ2) is 12.7. The van der Waals surface area contributed by atoms with Gasteiger partial charge in [-0.15, -0.1) is 47.0 Å². The average molecular weight is 473 g/mol. The number of thioether (sulfide) groups is 6. The highest BCUT2D eigenvalue weighted by Crippen LogP contribution is 2.42. The van der Waals surface area contributed by atoms with Gasteiger partial charge in [-0.3, -0.25) is 0 Å². The molecule has 152 valence electrons.